The molecular formula is C23H13Cl3N2O2S. The van der Waals surface area contributed by atoms with Crippen LogP contribution in [0.25, 0.3) is 17.2 Å². The Kier molecular flexibility index (Phi) is 6.12. The van der Waals surface area contributed by atoms with Crippen LogP contribution in [0.15, 0.2) is 72.3 Å². The fourth-order valence-electron chi connectivity index (χ4n) is 3.14. The molecule has 4 nitrogen and oxygen atoms in total. The highest BCUT2D eigenvalue weighted by Crippen LogP contribution is 2.28. The molecule has 0 bridgehead atoms. The number of amides is 2. The zero-order valence-corrected chi connectivity index (χ0v) is 18.8. The number of carbonyl (C=O) groups is 2. The highest BCUT2D eigenvalue weighted by atomic mass is 35.5. The van der Waals surface area contributed by atoms with E-state index in [1.165, 1.54) is 11.0 Å². The van der Waals surface area contributed by atoms with Gasteiger partial charge in [0.2, 0.25) is 0 Å². The lowest BCUT2D eigenvalue weighted by Crippen LogP contribution is -2.54. The predicted octanol–water partition coefficient (Wildman–Crippen LogP) is 6.15. The molecule has 1 heterocycles. The summed E-state index contributed by atoms with van der Waals surface area (Å²) in [5.74, 6) is -1.06. The number of rotatable bonds is 3. The van der Waals surface area contributed by atoms with Crippen molar-refractivity contribution in [3.63, 3.8) is 0 Å². The average molecular weight is 488 g/mol. The van der Waals surface area contributed by atoms with Crippen molar-refractivity contribution in [1.82, 2.24) is 5.32 Å². The molecule has 1 aliphatic heterocycles. The average Bonchev–Trinajstić information content (AvgIpc) is 2.72. The van der Waals surface area contributed by atoms with E-state index in [0.717, 1.165) is 11.1 Å². The fraction of sp³-hybridized carbons (Fsp3) is 0. The Morgan fingerprint density at radius 2 is 1.39 bits per heavy atom. The zero-order chi connectivity index (χ0) is 22.1. The van der Waals surface area contributed by atoms with Crippen LogP contribution >= 0.6 is 47.0 Å². The molecule has 3 aromatic carbocycles. The fourth-order valence-corrected chi connectivity index (χ4v) is 4.07. The minimum Gasteiger partial charge on any atom is -0.298 e. The first-order chi connectivity index (χ1) is 14.8. The van der Waals surface area contributed by atoms with Gasteiger partial charge in [-0.25, -0.2) is 0 Å². The van der Waals surface area contributed by atoms with Gasteiger partial charge in [-0.2, -0.15) is 0 Å². The highest BCUT2D eigenvalue weighted by molar-refractivity contribution is 7.80. The van der Waals surface area contributed by atoms with Crippen LogP contribution in [0.5, 0.6) is 0 Å². The van der Waals surface area contributed by atoms with Gasteiger partial charge in [0.1, 0.15) is 5.57 Å². The first kappa shape index (κ1) is 21.5. The summed E-state index contributed by atoms with van der Waals surface area (Å²) in [5.41, 5.74) is 2.93. The van der Waals surface area contributed by atoms with Crippen LogP contribution in [-0.2, 0) is 9.59 Å². The van der Waals surface area contributed by atoms with Crippen molar-refractivity contribution in [3.05, 3.63) is 92.9 Å². The van der Waals surface area contributed by atoms with Gasteiger partial charge in [0.25, 0.3) is 11.8 Å². The summed E-state index contributed by atoms with van der Waals surface area (Å²) < 4.78 is 0. The molecule has 8 heteroatoms. The molecular weight excluding hydrogens is 475 g/mol. The van der Waals surface area contributed by atoms with Crippen molar-refractivity contribution in [2.24, 2.45) is 0 Å². The molecule has 2 amide bonds. The van der Waals surface area contributed by atoms with E-state index in [0.29, 0.717) is 26.3 Å². The Labute approximate surface area is 199 Å². The van der Waals surface area contributed by atoms with E-state index >= 15 is 0 Å². The maximum Gasteiger partial charge on any atom is 0.270 e. The lowest BCUT2D eigenvalue weighted by molar-refractivity contribution is -0.122. The number of benzene rings is 3. The van der Waals surface area contributed by atoms with Gasteiger partial charge in [-0.3, -0.25) is 19.8 Å². The largest absolute Gasteiger partial charge is 0.298 e. The summed E-state index contributed by atoms with van der Waals surface area (Å²) in [4.78, 5) is 26.8. The lowest BCUT2D eigenvalue weighted by Gasteiger charge is -2.28. The van der Waals surface area contributed by atoms with Crippen molar-refractivity contribution in [2.45, 2.75) is 0 Å². The molecule has 154 valence electrons. The Morgan fingerprint density at radius 1 is 0.774 bits per heavy atom. The van der Waals surface area contributed by atoms with E-state index in [4.69, 9.17) is 47.0 Å². The summed E-state index contributed by atoms with van der Waals surface area (Å²) in [7, 11) is 0. The van der Waals surface area contributed by atoms with Gasteiger partial charge >= 0.3 is 0 Å². The number of nitrogens with zero attached hydrogens (tertiary/aromatic N) is 1. The van der Waals surface area contributed by atoms with Gasteiger partial charge in [-0.15, -0.1) is 0 Å². The van der Waals surface area contributed by atoms with Gasteiger partial charge in [0, 0.05) is 15.1 Å². The SMILES string of the molecule is O=C1NC(=S)N(c2ccc(Cl)cc2)C(=O)C1=Cc1ccc(-c2cc(Cl)cc(Cl)c2)cc1. The third-order valence-electron chi connectivity index (χ3n) is 4.60. The minimum atomic E-state index is -0.550. The van der Waals surface area contributed by atoms with E-state index in [9.17, 15) is 9.59 Å². The van der Waals surface area contributed by atoms with Crippen molar-refractivity contribution >= 4 is 75.7 Å². The molecule has 1 fully saturated rings. The van der Waals surface area contributed by atoms with Crippen LogP contribution in [0, 0.1) is 0 Å². The molecule has 1 N–H and O–H groups in total. The highest BCUT2D eigenvalue weighted by Gasteiger charge is 2.34. The van der Waals surface area contributed by atoms with Gasteiger partial charge in [0.05, 0.1) is 5.69 Å². The standard InChI is InChI=1S/C23H13Cl3N2O2S/c24-16-5-7-19(8-6-16)28-22(30)20(21(29)27-23(28)31)9-13-1-3-14(4-2-13)15-10-17(25)12-18(26)11-15/h1-12H,(H,27,29,31). The maximum absolute atomic E-state index is 13.0. The number of hydrogen-bond donors (Lipinski definition) is 1. The van der Waals surface area contributed by atoms with Gasteiger partial charge in [-0.05, 0) is 77.4 Å². The van der Waals surface area contributed by atoms with Crippen molar-refractivity contribution in [2.75, 3.05) is 4.90 Å². The Morgan fingerprint density at radius 3 is 2.00 bits per heavy atom. The van der Waals surface area contributed by atoms with Gasteiger partial charge in [0.15, 0.2) is 5.11 Å². The molecule has 0 spiro atoms. The minimum absolute atomic E-state index is 0.0163. The second-order valence-corrected chi connectivity index (χ2v) is 8.41. The second-order valence-electron chi connectivity index (χ2n) is 6.71. The van der Waals surface area contributed by atoms with Crippen LogP contribution in [-0.4, -0.2) is 16.9 Å². The molecule has 0 unspecified atom stereocenters. The van der Waals surface area contributed by atoms with Crippen LogP contribution in [0.3, 0.4) is 0 Å². The van der Waals surface area contributed by atoms with Crippen molar-refractivity contribution < 1.29 is 9.59 Å². The molecule has 1 aliphatic rings. The molecule has 0 aromatic heterocycles. The van der Waals surface area contributed by atoms with Gasteiger partial charge < -0.3 is 0 Å². The molecule has 31 heavy (non-hydrogen) atoms. The predicted molar refractivity (Wildman–Crippen MR) is 130 cm³/mol. The van der Waals surface area contributed by atoms with E-state index < -0.39 is 11.8 Å². The normalized spacial score (nSPS) is 15.4. The summed E-state index contributed by atoms with van der Waals surface area (Å²) in [6, 6.07) is 19.2. The summed E-state index contributed by atoms with van der Waals surface area (Å²) in [6.45, 7) is 0. The van der Waals surface area contributed by atoms with E-state index in [2.05, 4.69) is 5.32 Å². The molecule has 4 rings (SSSR count). The summed E-state index contributed by atoms with van der Waals surface area (Å²) >= 11 is 23.3. The van der Waals surface area contributed by atoms with Gasteiger partial charge in [-0.1, -0.05) is 59.1 Å². The quantitative estimate of drug-likeness (QED) is 0.274. The third kappa shape index (κ3) is 4.65. The summed E-state index contributed by atoms with van der Waals surface area (Å²) in [5, 5.41) is 4.18. The smallest absolute Gasteiger partial charge is 0.270 e. The Balaban J connectivity index is 1.65. The third-order valence-corrected chi connectivity index (χ3v) is 5.58. The van der Waals surface area contributed by atoms with E-state index in [1.54, 1.807) is 42.5 Å². The monoisotopic (exact) mass is 486 g/mol. The van der Waals surface area contributed by atoms with Crippen molar-refractivity contribution in [1.29, 1.82) is 0 Å². The van der Waals surface area contributed by atoms with Crippen molar-refractivity contribution in [3.8, 4) is 11.1 Å². The van der Waals surface area contributed by atoms with Crippen LogP contribution < -0.4 is 10.2 Å². The molecule has 0 saturated carbocycles. The van der Waals surface area contributed by atoms with Crippen LogP contribution in [0.4, 0.5) is 5.69 Å². The molecule has 0 atom stereocenters. The van der Waals surface area contributed by atoms with E-state index in [1.807, 2.05) is 24.3 Å². The number of halogens is 3. The number of nitrogens with one attached hydrogen (secondary N) is 1. The number of carbonyl (C=O) groups excluding carboxylic acids is 2. The molecule has 3 aromatic rings. The molecule has 1 saturated heterocycles. The molecule has 0 radical (unpaired) electrons. The summed E-state index contributed by atoms with van der Waals surface area (Å²) in [6.07, 6.45) is 1.52. The number of hydrogen-bond acceptors (Lipinski definition) is 3. The zero-order valence-electron chi connectivity index (χ0n) is 15.7. The first-order valence-corrected chi connectivity index (χ1v) is 10.6. The van der Waals surface area contributed by atoms with Crippen LogP contribution in [0.2, 0.25) is 15.1 Å². The molecule has 0 aliphatic carbocycles. The number of anilines is 1. The van der Waals surface area contributed by atoms with Crippen LogP contribution in [0.1, 0.15) is 5.56 Å². The number of thiocarbonyl (C=S) groups is 1. The second kappa shape index (κ2) is 8.81. The topological polar surface area (TPSA) is 49.4 Å². The van der Waals surface area contributed by atoms with E-state index in [-0.39, 0.29) is 10.7 Å². The maximum atomic E-state index is 13.0. The Hall–Kier alpha value is -2.70. The lowest BCUT2D eigenvalue weighted by atomic mass is 10.0. The Bertz CT molecular complexity index is 1220. The first-order valence-electron chi connectivity index (χ1n) is 9.05.